The first-order chi connectivity index (χ1) is 17.2. The van der Waals surface area contributed by atoms with Gasteiger partial charge in [-0.15, -0.1) is 0 Å². The topological polar surface area (TPSA) is 70.8 Å². The molecule has 0 fully saturated rings. The van der Waals surface area contributed by atoms with Crippen molar-refractivity contribution in [2.75, 3.05) is 11.9 Å². The van der Waals surface area contributed by atoms with Crippen molar-refractivity contribution >= 4 is 22.5 Å². The Balaban J connectivity index is 1.47. The van der Waals surface area contributed by atoms with Gasteiger partial charge in [0.1, 0.15) is 5.75 Å². The predicted octanol–water partition coefficient (Wildman–Crippen LogP) is 7.17. The van der Waals surface area contributed by atoms with Crippen LogP contribution in [-0.2, 0) is 6.42 Å². The highest BCUT2D eigenvalue weighted by atomic mass is 16.5. The smallest absolute Gasteiger partial charge is 0.227 e. The molecular formula is C30H24N4O. The minimum absolute atomic E-state index is 0.351. The van der Waals surface area contributed by atoms with Crippen LogP contribution in [0, 0.1) is 11.3 Å². The van der Waals surface area contributed by atoms with Gasteiger partial charge in [-0.3, -0.25) is 0 Å². The molecule has 0 aliphatic carbocycles. The van der Waals surface area contributed by atoms with Gasteiger partial charge >= 0.3 is 0 Å². The molecule has 0 saturated heterocycles. The van der Waals surface area contributed by atoms with Crippen molar-refractivity contribution in [3.05, 3.63) is 103 Å². The molecule has 1 N–H and O–H groups in total. The summed E-state index contributed by atoms with van der Waals surface area (Å²) >= 11 is 0. The summed E-state index contributed by atoms with van der Waals surface area (Å²) in [6, 6.07) is 32.7. The molecule has 4 aromatic carbocycles. The first-order valence-electron chi connectivity index (χ1n) is 11.6. The Hall–Kier alpha value is -4.69. The fourth-order valence-electron chi connectivity index (χ4n) is 4.05. The molecule has 5 heteroatoms. The van der Waals surface area contributed by atoms with E-state index in [2.05, 4.69) is 63.8 Å². The number of hydrogen-bond donors (Lipinski definition) is 1. The lowest BCUT2D eigenvalue weighted by Crippen LogP contribution is -1.99. The van der Waals surface area contributed by atoms with Gasteiger partial charge in [-0.25, -0.2) is 9.97 Å². The molecule has 170 valence electrons. The van der Waals surface area contributed by atoms with Gasteiger partial charge in [-0.05, 0) is 59.5 Å². The Bertz CT molecular complexity index is 1500. The molecule has 1 aromatic heterocycles. The third-order valence-corrected chi connectivity index (χ3v) is 5.80. The minimum atomic E-state index is 0.351. The van der Waals surface area contributed by atoms with Crippen LogP contribution in [-0.4, -0.2) is 16.6 Å². The summed E-state index contributed by atoms with van der Waals surface area (Å²) in [5.41, 5.74) is 7.01. The Morgan fingerprint density at radius 3 is 2.31 bits per heavy atom. The normalized spacial score (nSPS) is 10.6. The van der Waals surface area contributed by atoms with Crippen LogP contribution >= 0.6 is 0 Å². The van der Waals surface area contributed by atoms with Gasteiger partial charge < -0.3 is 10.1 Å². The quantitative estimate of drug-likeness (QED) is 0.281. The number of hydrogen-bond acceptors (Lipinski definition) is 5. The molecule has 0 spiro atoms. The lowest BCUT2D eigenvalue weighted by Gasteiger charge is -2.14. The van der Waals surface area contributed by atoms with Gasteiger partial charge in [-0.2, -0.15) is 5.26 Å². The van der Waals surface area contributed by atoms with E-state index in [4.69, 9.17) is 4.74 Å². The summed E-state index contributed by atoms with van der Waals surface area (Å²) in [7, 11) is 0. The maximum atomic E-state index is 9.21. The summed E-state index contributed by atoms with van der Waals surface area (Å²) in [6.07, 6.45) is 2.17. The Labute approximate surface area is 204 Å². The number of fused-ring (bicyclic) bond motifs is 1. The van der Waals surface area contributed by atoms with E-state index in [9.17, 15) is 5.26 Å². The summed E-state index contributed by atoms with van der Waals surface area (Å²) in [5.74, 6) is 1.40. The number of benzene rings is 4. The molecule has 0 bridgehead atoms. The molecule has 0 aliphatic heterocycles. The average molecular weight is 457 g/mol. The highest BCUT2D eigenvalue weighted by Crippen LogP contribution is 2.33. The van der Waals surface area contributed by atoms with Crippen LogP contribution in [0.1, 0.15) is 12.5 Å². The number of nitrogens with zero attached hydrogens (tertiary/aromatic N) is 3. The van der Waals surface area contributed by atoms with Crippen LogP contribution < -0.4 is 10.1 Å². The largest absolute Gasteiger partial charge is 0.494 e. The summed E-state index contributed by atoms with van der Waals surface area (Å²) in [4.78, 5) is 9.14. The maximum Gasteiger partial charge on any atom is 0.227 e. The number of para-hydroxylation sites is 1. The van der Waals surface area contributed by atoms with E-state index >= 15 is 0 Å². The van der Waals surface area contributed by atoms with Crippen molar-refractivity contribution in [3.63, 3.8) is 0 Å². The summed E-state index contributed by atoms with van der Waals surface area (Å²) in [6.45, 7) is 2.63. The molecule has 0 amide bonds. The van der Waals surface area contributed by atoms with Crippen molar-refractivity contribution in [2.24, 2.45) is 0 Å². The van der Waals surface area contributed by atoms with E-state index in [0.29, 0.717) is 19.0 Å². The van der Waals surface area contributed by atoms with E-state index in [-0.39, 0.29) is 0 Å². The van der Waals surface area contributed by atoms with E-state index in [1.54, 1.807) is 0 Å². The number of nitriles is 1. The first kappa shape index (κ1) is 22.1. The van der Waals surface area contributed by atoms with Crippen LogP contribution in [0.5, 0.6) is 5.75 Å². The van der Waals surface area contributed by atoms with E-state index < -0.39 is 0 Å². The van der Waals surface area contributed by atoms with Crippen LogP contribution in [0.15, 0.2) is 97.2 Å². The number of aromatic nitrogens is 2. The van der Waals surface area contributed by atoms with Gasteiger partial charge in [0.15, 0.2) is 0 Å². The lowest BCUT2D eigenvalue weighted by atomic mass is 9.97. The minimum Gasteiger partial charge on any atom is -0.494 e. The van der Waals surface area contributed by atoms with E-state index in [1.807, 2.05) is 61.7 Å². The van der Waals surface area contributed by atoms with Crippen molar-refractivity contribution in [3.8, 4) is 34.1 Å². The fraction of sp³-hybridized carbons (Fsp3) is 0.100. The standard InChI is InChI=1S/C30H24N4O/c1-2-35-26-14-12-23(13-15-26)22-8-10-24(11-9-22)27-19-21(17-18-31)7-16-29(27)34-30-32-20-25-5-3-4-6-28(25)33-30/h3-16,19-20H,2,17H2,1H3,(H,32,33,34). The molecule has 1 heterocycles. The number of ether oxygens (including phenoxy) is 1. The molecular weight excluding hydrogens is 432 g/mol. The third-order valence-electron chi connectivity index (χ3n) is 5.80. The summed E-state index contributed by atoms with van der Waals surface area (Å²) < 4.78 is 5.55. The van der Waals surface area contributed by atoms with Crippen LogP contribution in [0.25, 0.3) is 33.2 Å². The summed E-state index contributed by atoms with van der Waals surface area (Å²) in [5, 5.41) is 13.6. The SMILES string of the molecule is CCOc1ccc(-c2ccc(-c3cc(CC#N)ccc3Nc3ncc4ccccc4n3)cc2)cc1. The average Bonchev–Trinajstić information content (AvgIpc) is 2.90. The van der Waals surface area contributed by atoms with E-state index in [0.717, 1.165) is 50.2 Å². The molecule has 0 atom stereocenters. The van der Waals surface area contributed by atoms with Crippen LogP contribution in [0.3, 0.4) is 0 Å². The monoisotopic (exact) mass is 456 g/mol. The van der Waals surface area contributed by atoms with Gasteiger partial charge in [0, 0.05) is 22.8 Å². The first-order valence-corrected chi connectivity index (χ1v) is 11.6. The molecule has 0 aliphatic rings. The molecule has 0 unspecified atom stereocenters. The highest BCUT2D eigenvalue weighted by Gasteiger charge is 2.10. The predicted molar refractivity (Wildman–Crippen MR) is 141 cm³/mol. The van der Waals surface area contributed by atoms with Gasteiger partial charge in [-0.1, -0.05) is 60.7 Å². The van der Waals surface area contributed by atoms with Gasteiger partial charge in [0.05, 0.1) is 24.6 Å². The Morgan fingerprint density at radius 2 is 1.57 bits per heavy atom. The zero-order valence-corrected chi connectivity index (χ0v) is 19.4. The van der Waals surface area contributed by atoms with Crippen molar-refractivity contribution in [2.45, 2.75) is 13.3 Å². The third kappa shape index (κ3) is 4.97. The lowest BCUT2D eigenvalue weighted by molar-refractivity contribution is 0.340. The molecule has 5 rings (SSSR count). The molecule has 35 heavy (non-hydrogen) atoms. The number of nitrogens with one attached hydrogen (secondary N) is 1. The maximum absolute atomic E-state index is 9.21. The zero-order chi connectivity index (χ0) is 24.0. The number of rotatable bonds is 7. The molecule has 5 aromatic rings. The molecule has 5 nitrogen and oxygen atoms in total. The van der Waals surface area contributed by atoms with Gasteiger partial charge in [0.2, 0.25) is 5.95 Å². The second kappa shape index (κ2) is 10.1. The van der Waals surface area contributed by atoms with Crippen LogP contribution in [0.4, 0.5) is 11.6 Å². The van der Waals surface area contributed by atoms with Crippen molar-refractivity contribution in [1.29, 1.82) is 5.26 Å². The van der Waals surface area contributed by atoms with Crippen LogP contribution in [0.2, 0.25) is 0 Å². The van der Waals surface area contributed by atoms with Crippen molar-refractivity contribution < 1.29 is 4.74 Å². The van der Waals surface area contributed by atoms with Crippen molar-refractivity contribution in [1.82, 2.24) is 9.97 Å². The second-order valence-electron chi connectivity index (χ2n) is 8.13. The van der Waals surface area contributed by atoms with E-state index in [1.165, 1.54) is 0 Å². The van der Waals surface area contributed by atoms with Gasteiger partial charge in [0.25, 0.3) is 0 Å². The Morgan fingerprint density at radius 1 is 0.857 bits per heavy atom. The second-order valence-corrected chi connectivity index (χ2v) is 8.13. The Kier molecular flexibility index (Phi) is 6.36. The fourth-order valence-corrected chi connectivity index (χ4v) is 4.05. The molecule has 0 saturated carbocycles. The highest BCUT2D eigenvalue weighted by molar-refractivity contribution is 5.83. The molecule has 0 radical (unpaired) electrons. The number of anilines is 2. The zero-order valence-electron chi connectivity index (χ0n) is 19.4.